The zero-order valence-electron chi connectivity index (χ0n) is 15.8. The summed E-state index contributed by atoms with van der Waals surface area (Å²) in [6, 6.07) is 6.59. The van der Waals surface area contributed by atoms with Crippen LogP contribution in [0.2, 0.25) is 0 Å². The van der Waals surface area contributed by atoms with Gasteiger partial charge in [0.2, 0.25) is 5.91 Å². The fraction of sp³-hybridized carbons (Fsp3) is 0.400. The number of ether oxygens (including phenoxy) is 1. The van der Waals surface area contributed by atoms with E-state index in [4.69, 9.17) is 4.74 Å². The van der Waals surface area contributed by atoms with Crippen LogP contribution in [0.15, 0.2) is 36.0 Å². The Morgan fingerprint density at radius 2 is 2.21 bits per heavy atom. The number of fused-ring (bicyclic) bond motifs is 1. The number of thiazole rings is 1. The van der Waals surface area contributed by atoms with E-state index in [1.165, 1.54) is 23.5 Å². The number of amides is 1. The van der Waals surface area contributed by atoms with Crippen molar-refractivity contribution in [2.75, 3.05) is 18.0 Å². The summed E-state index contributed by atoms with van der Waals surface area (Å²) in [5, 5.41) is 11.1. The molecule has 1 N–H and O–H groups in total. The van der Waals surface area contributed by atoms with Crippen molar-refractivity contribution in [3.05, 3.63) is 41.8 Å². The minimum atomic E-state index is -0.337. The maximum atomic E-state index is 13.8. The number of nitrogens with one attached hydrogen (secondary N) is 1. The molecule has 1 aliphatic carbocycles. The predicted molar refractivity (Wildman–Crippen MR) is 108 cm³/mol. The molecule has 9 heteroatoms. The predicted octanol–water partition coefficient (Wildman–Crippen LogP) is 2.78. The monoisotopic (exact) mass is 413 g/mol. The molecule has 0 unspecified atom stereocenters. The second-order valence-corrected chi connectivity index (χ2v) is 8.89. The van der Waals surface area contributed by atoms with Crippen molar-refractivity contribution in [2.45, 2.75) is 31.4 Å². The van der Waals surface area contributed by atoms with Gasteiger partial charge in [-0.1, -0.05) is 0 Å². The van der Waals surface area contributed by atoms with Crippen LogP contribution in [0.25, 0.3) is 10.2 Å². The number of nitrogens with zero attached hydrogens (tertiary/aromatic N) is 4. The third-order valence-corrected chi connectivity index (χ3v) is 6.29. The molecular weight excluding hydrogens is 393 g/mol. The van der Waals surface area contributed by atoms with E-state index in [1.807, 2.05) is 19.1 Å². The molecule has 1 saturated carbocycles. The summed E-state index contributed by atoms with van der Waals surface area (Å²) in [6.07, 6.45) is 2.79. The highest BCUT2D eigenvalue weighted by Gasteiger charge is 2.44. The molecule has 5 rings (SSSR count). The first-order valence-electron chi connectivity index (χ1n) is 9.53. The highest BCUT2D eigenvalue weighted by atomic mass is 32.1. The van der Waals surface area contributed by atoms with Crippen molar-refractivity contribution >= 4 is 33.3 Å². The topological polar surface area (TPSA) is 80.2 Å². The van der Waals surface area contributed by atoms with Crippen molar-refractivity contribution in [3.63, 3.8) is 0 Å². The Kier molecular flexibility index (Phi) is 4.34. The van der Waals surface area contributed by atoms with Gasteiger partial charge < -0.3 is 15.0 Å². The van der Waals surface area contributed by atoms with Gasteiger partial charge in [0.1, 0.15) is 23.2 Å². The van der Waals surface area contributed by atoms with Gasteiger partial charge in [0.25, 0.3) is 0 Å². The third-order valence-electron chi connectivity index (χ3n) is 5.51. The lowest BCUT2D eigenvalue weighted by Gasteiger charge is -2.49. The van der Waals surface area contributed by atoms with Crippen LogP contribution in [-0.4, -0.2) is 45.8 Å². The largest absolute Gasteiger partial charge is 0.488 e. The van der Waals surface area contributed by atoms with E-state index in [-0.39, 0.29) is 29.3 Å². The smallest absolute Gasteiger partial charge is 0.223 e. The maximum Gasteiger partial charge on any atom is 0.223 e. The van der Waals surface area contributed by atoms with Gasteiger partial charge in [-0.2, -0.15) is 5.10 Å². The summed E-state index contributed by atoms with van der Waals surface area (Å²) in [7, 11) is 0. The number of carbonyl (C=O) groups excluding carboxylic acids is 1. The van der Waals surface area contributed by atoms with Crippen LogP contribution < -0.4 is 15.0 Å². The van der Waals surface area contributed by atoms with E-state index >= 15 is 0 Å². The van der Waals surface area contributed by atoms with Crippen LogP contribution in [-0.2, 0) is 4.79 Å². The average Bonchev–Trinajstić information content (AvgIpc) is 3.11. The molecule has 2 fully saturated rings. The summed E-state index contributed by atoms with van der Waals surface area (Å²) in [6.45, 7) is 3.44. The third kappa shape index (κ3) is 3.50. The standard InChI is InChI=1S/C20H20FN5O2S/c1-20(9-26(10-20)17-3-2-4-23-25-17)24-19(27)12-5-14(6-12)28-15-7-13(21)8-16-18(15)22-11-29-16/h2-4,7-8,11-12,14H,5-6,9-10H2,1H3,(H,24,27)/t12-,14-. The van der Waals surface area contributed by atoms with Gasteiger partial charge in [-0.25, -0.2) is 9.37 Å². The molecule has 0 spiro atoms. The zero-order chi connectivity index (χ0) is 20.0. The molecule has 150 valence electrons. The molecule has 1 aromatic carbocycles. The molecule has 2 aliphatic rings. The fourth-order valence-electron chi connectivity index (χ4n) is 3.95. The number of halogens is 1. The highest BCUT2D eigenvalue weighted by Crippen LogP contribution is 2.36. The zero-order valence-corrected chi connectivity index (χ0v) is 16.7. The van der Waals surface area contributed by atoms with Crippen LogP contribution in [0.1, 0.15) is 19.8 Å². The van der Waals surface area contributed by atoms with Crippen molar-refractivity contribution in [1.29, 1.82) is 0 Å². The van der Waals surface area contributed by atoms with Crippen LogP contribution in [0, 0.1) is 11.7 Å². The molecule has 2 aromatic heterocycles. The average molecular weight is 413 g/mol. The number of carbonyl (C=O) groups is 1. The highest BCUT2D eigenvalue weighted by molar-refractivity contribution is 7.16. The quantitative estimate of drug-likeness (QED) is 0.693. The molecule has 0 radical (unpaired) electrons. The maximum absolute atomic E-state index is 13.8. The van der Waals surface area contributed by atoms with Crippen LogP contribution in [0.5, 0.6) is 5.75 Å². The molecule has 1 aliphatic heterocycles. The van der Waals surface area contributed by atoms with E-state index in [0.717, 1.165) is 10.5 Å². The molecule has 1 amide bonds. The number of hydrogen-bond donors (Lipinski definition) is 1. The molecular formula is C20H20FN5O2S. The van der Waals surface area contributed by atoms with Crippen molar-refractivity contribution in [1.82, 2.24) is 20.5 Å². The van der Waals surface area contributed by atoms with Gasteiger partial charge >= 0.3 is 0 Å². The molecule has 3 heterocycles. The normalized spacial score (nSPS) is 22.6. The van der Waals surface area contributed by atoms with Gasteiger partial charge in [-0.05, 0) is 38.0 Å². The molecule has 0 bridgehead atoms. The summed E-state index contributed by atoms with van der Waals surface area (Å²) in [5.41, 5.74) is 2.09. The number of aromatic nitrogens is 3. The fourth-order valence-corrected chi connectivity index (χ4v) is 4.66. The SMILES string of the molecule is CC1(NC(=O)[C@H]2C[C@H](Oc3cc(F)cc4scnc34)C2)CN(c2cccnn2)C1. The van der Waals surface area contributed by atoms with E-state index < -0.39 is 0 Å². The Morgan fingerprint density at radius 3 is 2.97 bits per heavy atom. The van der Waals surface area contributed by atoms with E-state index in [1.54, 1.807) is 11.7 Å². The number of hydrogen-bond acceptors (Lipinski definition) is 7. The first kappa shape index (κ1) is 18.2. The van der Waals surface area contributed by atoms with Crippen LogP contribution >= 0.6 is 11.3 Å². The molecule has 1 saturated heterocycles. The van der Waals surface area contributed by atoms with Crippen molar-refractivity contribution < 1.29 is 13.9 Å². The number of anilines is 1. The second-order valence-electron chi connectivity index (χ2n) is 8.00. The van der Waals surface area contributed by atoms with Crippen molar-refractivity contribution in [2.24, 2.45) is 5.92 Å². The van der Waals surface area contributed by atoms with Gasteiger partial charge in [0, 0.05) is 31.3 Å². The van der Waals surface area contributed by atoms with Crippen LogP contribution in [0.4, 0.5) is 10.2 Å². The Morgan fingerprint density at radius 1 is 1.38 bits per heavy atom. The van der Waals surface area contributed by atoms with Crippen LogP contribution in [0.3, 0.4) is 0 Å². The molecule has 0 atom stereocenters. The van der Waals surface area contributed by atoms with Gasteiger partial charge in [0.05, 0.1) is 15.7 Å². The molecule has 29 heavy (non-hydrogen) atoms. The minimum absolute atomic E-state index is 0.0455. The lowest BCUT2D eigenvalue weighted by Crippen LogP contribution is -2.70. The second kappa shape index (κ2) is 6.91. The van der Waals surface area contributed by atoms with Gasteiger partial charge in [-0.15, -0.1) is 16.4 Å². The lowest BCUT2D eigenvalue weighted by atomic mass is 9.80. The summed E-state index contributed by atoms with van der Waals surface area (Å²) in [4.78, 5) is 19.0. The van der Waals surface area contributed by atoms with E-state index in [9.17, 15) is 9.18 Å². The minimum Gasteiger partial charge on any atom is -0.488 e. The summed E-state index contributed by atoms with van der Waals surface area (Å²) >= 11 is 1.38. The van der Waals surface area contributed by atoms with E-state index in [2.05, 4.69) is 25.4 Å². The lowest BCUT2D eigenvalue weighted by molar-refractivity contribution is -0.132. The Labute approximate surface area is 170 Å². The number of rotatable bonds is 5. The molecule has 7 nitrogen and oxygen atoms in total. The number of benzene rings is 1. The summed E-state index contributed by atoms with van der Waals surface area (Å²) < 4.78 is 20.5. The Hall–Kier alpha value is -2.81. The molecule has 3 aromatic rings. The first-order valence-corrected chi connectivity index (χ1v) is 10.4. The van der Waals surface area contributed by atoms with E-state index in [0.29, 0.717) is 37.2 Å². The Bertz CT molecular complexity index is 1050. The van der Waals surface area contributed by atoms with Crippen molar-refractivity contribution in [3.8, 4) is 5.75 Å². The Balaban J connectivity index is 1.13. The van der Waals surface area contributed by atoms with Gasteiger partial charge in [0.15, 0.2) is 5.82 Å². The first-order chi connectivity index (χ1) is 14.0. The summed E-state index contributed by atoms with van der Waals surface area (Å²) in [5.74, 6) is 0.900. The van der Waals surface area contributed by atoms with Gasteiger partial charge in [-0.3, -0.25) is 4.79 Å².